The predicted octanol–water partition coefficient (Wildman–Crippen LogP) is 1.56. The van der Waals surface area contributed by atoms with Gasteiger partial charge in [-0.15, -0.1) is 0 Å². The molecule has 2 aromatic heterocycles. The Kier molecular flexibility index (Phi) is 2.61. The average molecular weight is 232 g/mol. The molecule has 5 nitrogen and oxygen atoms in total. The van der Waals surface area contributed by atoms with Crippen molar-refractivity contribution < 1.29 is 0 Å². The zero-order chi connectivity index (χ0) is 12.6. The van der Waals surface area contributed by atoms with Crippen LogP contribution in [0, 0.1) is 6.92 Å². The van der Waals surface area contributed by atoms with Crippen molar-refractivity contribution in [3.63, 3.8) is 0 Å². The highest BCUT2D eigenvalue weighted by molar-refractivity contribution is 5.26. The van der Waals surface area contributed by atoms with Crippen LogP contribution in [0.2, 0.25) is 0 Å². The standard InChI is InChI=1S/C12H16N4O/c1-8-6-13-16(7-8)10-5-9(12(2,3)4)14-11(17)15-10/h5-7H,1-4H3,(H,14,15,17). The molecule has 0 saturated heterocycles. The molecule has 0 aliphatic carbocycles. The highest BCUT2D eigenvalue weighted by atomic mass is 16.1. The summed E-state index contributed by atoms with van der Waals surface area (Å²) in [6, 6.07) is 1.86. The van der Waals surface area contributed by atoms with Crippen LogP contribution < -0.4 is 5.69 Å². The third-order valence-electron chi connectivity index (χ3n) is 2.49. The molecule has 0 bridgehead atoms. The summed E-state index contributed by atoms with van der Waals surface area (Å²) < 4.78 is 1.61. The van der Waals surface area contributed by atoms with E-state index < -0.39 is 0 Å². The number of hydrogen-bond acceptors (Lipinski definition) is 3. The van der Waals surface area contributed by atoms with Crippen LogP contribution in [0.1, 0.15) is 32.0 Å². The van der Waals surface area contributed by atoms with Crippen molar-refractivity contribution in [2.24, 2.45) is 0 Å². The lowest BCUT2D eigenvalue weighted by atomic mass is 9.92. The summed E-state index contributed by atoms with van der Waals surface area (Å²) in [7, 11) is 0. The smallest absolute Gasteiger partial charge is 0.309 e. The Hall–Kier alpha value is -1.91. The lowest BCUT2D eigenvalue weighted by Crippen LogP contribution is -2.23. The van der Waals surface area contributed by atoms with E-state index in [1.807, 2.05) is 40.0 Å². The fourth-order valence-electron chi connectivity index (χ4n) is 1.50. The molecule has 90 valence electrons. The Morgan fingerprint density at radius 2 is 2.06 bits per heavy atom. The molecule has 0 atom stereocenters. The summed E-state index contributed by atoms with van der Waals surface area (Å²) in [5.41, 5.74) is 1.41. The summed E-state index contributed by atoms with van der Waals surface area (Å²) in [5.74, 6) is 0.548. The molecule has 0 radical (unpaired) electrons. The molecule has 0 fully saturated rings. The maximum Gasteiger partial charge on any atom is 0.347 e. The Labute approximate surface area is 99.5 Å². The molecular weight excluding hydrogens is 216 g/mol. The SMILES string of the molecule is Cc1cnn(-c2cc(C(C)(C)C)[nH]c(=O)n2)c1. The van der Waals surface area contributed by atoms with E-state index in [-0.39, 0.29) is 11.1 Å². The fourth-order valence-corrected chi connectivity index (χ4v) is 1.50. The molecule has 0 aliphatic rings. The third kappa shape index (κ3) is 2.43. The van der Waals surface area contributed by atoms with E-state index in [9.17, 15) is 4.79 Å². The van der Waals surface area contributed by atoms with Gasteiger partial charge in [0.1, 0.15) is 0 Å². The van der Waals surface area contributed by atoms with Gasteiger partial charge >= 0.3 is 5.69 Å². The Balaban J connectivity index is 2.57. The number of aryl methyl sites for hydroxylation is 1. The zero-order valence-corrected chi connectivity index (χ0v) is 10.5. The van der Waals surface area contributed by atoms with Crippen LogP contribution in [0.25, 0.3) is 5.82 Å². The first-order chi connectivity index (χ1) is 7.86. The minimum absolute atomic E-state index is 0.126. The van der Waals surface area contributed by atoms with E-state index in [0.717, 1.165) is 11.3 Å². The van der Waals surface area contributed by atoms with Gasteiger partial charge in [0, 0.05) is 23.4 Å². The molecule has 2 aromatic rings. The summed E-state index contributed by atoms with van der Waals surface area (Å²) in [5, 5.41) is 4.15. The van der Waals surface area contributed by atoms with E-state index in [1.165, 1.54) is 0 Å². The predicted molar refractivity (Wildman–Crippen MR) is 65.4 cm³/mol. The quantitative estimate of drug-likeness (QED) is 0.811. The number of aromatic amines is 1. The monoisotopic (exact) mass is 232 g/mol. The van der Waals surface area contributed by atoms with Crippen molar-refractivity contribution in [3.8, 4) is 5.82 Å². The molecule has 0 saturated carbocycles. The molecule has 2 rings (SSSR count). The molecule has 0 aromatic carbocycles. The fraction of sp³-hybridized carbons (Fsp3) is 0.417. The number of hydrogen-bond donors (Lipinski definition) is 1. The maximum absolute atomic E-state index is 11.5. The van der Waals surface area contributed by atoms with Gasteiger partial charge in [-0.1, -0.05) is 20.8 Å². The summed E-state index contributed by atoms with van der Waals surface area (Å²) in [6.07, 6.45) is 3.58. The zero-order valence-electron chi connectivity index (χ0n) is 10.5. The van der Waals surface area contributed by atoms with E-state index in [0.29, 0.717) is 5.82 Å². The minimum atomic E-state index is -0.347. The summed E-state index contributed by atoms with van der Waals surface area (Å²) in [4.78, 5) is 18.2. The Bertz CT molecular complexity index is 589. The van der Waals surface area contributed by atoms with Crippen molar-refractivity contribution in [3.05, 3.63) is 40.2 Å². The van der Waals surface area contributed by atoms with Gasteiger partial charge in [-0.25, -0.2) is 9.48 Å². The lowest BCUT2D eigenvalue weighted by Gasteiger charge is -2.18. The number of rotatable bonds is 1. The van der Waals surface area contributed by atoms with E-state index in [4.69, 9.17) is 0 Å². The minimum Gasteiger partial charge on any atom is -0.309 e. The van der Waals surface area contributed by atoms with Crippen LogP contribution in [-0.2, 0) is 5.41 Å². The second kappa shape index (κ2) is 3.84. The largest absolute Gasteiger partial charge is 0.347 e. The van der Waals surface area contributed by atoms with E-state index in [2.05, 4.69) is 15.1 Å². The van der Waals surface area contributed by atoms with Gasteiger partial charge in [0.2, 0.25) is 0 Å². The number of H-pyrrole nitrogens is 1. The van der Waals surface area contributed by atoms with E-state index >= 15 is 0 Å². The summed E-state index contributed by atoms with van der Waals surface area (Å²) >= 11 is 0. The van der Waals surface area contributed by atoms with Crippen LogP contribution in [0.5, 0.6) is 0 Å². The van der Waals surface area contributed by atoms with Gasteiger partial charge in [0.05, 0.1) is 6.20 Å². The Morgan fingerprint density at radius 1 is 1.35 bits per heavy atom. The van der Waals surface area contributed by atoms with Crippen LogP contribution in [-0.4, -0.2) is 19.7 Å². The van der Waals surface area contributed by atoms with Gasteiger partial charge in [0.15, 0.2) is 5.82 Å². The van der Waals surface area contributed by atoms with E-state index in [1.54, 1.807) is 10.9 Å². The van der Waals surface area contributed by atoms with Gasteiger partial charge < -0.3 is 4.98 Å². The third-order valence-corrected chi connectivity index (χ3v) is 2.49. The number of nitrogens with zero attached hydrogens (tertiary/aromatic N) is 3. The van der Waals surface area contributed by atoms with Crippen LogP contribution in [0.4, 0.5) is 0 Å². The second-order valence-electron chi connectivity index (χ2n) is 5.17. The maximum atomic E-state index is 11.5. The Morgan fingerprint density at radius 3 is 2.59 bits per heavy atom. The first kappa shape index (κ1) is 11.6. The van der Waals surface area contributed by atoms with Gasteiger partial charge in [0.25, 0.3) is 0 Å². The van der Waals surface area contributed by atoms with Crippen LogP contribution in [0.3, 0.4) is 0 Å². The molecule has 17 heavy (non-hydrogen) atoms. The summed E-state index contributed by atoms with van der Waals surface area (Å²) in [6.45, 7) is 8.06. The van der Waals surface area contributed by atoms with Crippen LogP contribution in [0.15, 0.2) is 23.3 Å². The highest BCUT2D eigenvalue weighted by Crippen LogP contribution is 2.19. The lowest BCUT2D eigenvalue weighted by molar-refractivity contribution is 0.561. The number of aromatic nitrogens is 4. The normalized spacial score (nSPS) is 11.8. The molecule has 1 N–H and O–H groups in total. The van der Waals surface area contributed by atoms with Crippen molar-refractivity contribution >= 4 is 0 Å². The van der Waals surface area contributed by atoms with Crippen molar-refractivity contribution in [2.75, 3.05) is 0 Å². The molecule has 0 amide bonds. The van der Waals surface area contributed by atoms with Crippen molar-refractivity contribution in [1.82, 2.24) is 19.7 Å². The van der Waals surface area contributed by atoms with Crippen molar-refractivity contribution in [1.29, 1.82) is 0 Å². The van der Waals surface area contributed by atoms with Crippen molar-refractivity contribution in [2.45, 2.75) is 33.1 Å². The second-order valence-corrected chi connectivity index (χ2v) is 5.17. The first-order valence-electron chi connectivity index (χ1n) is 5.50. The van der Waals surface area contributed by atoms with Gasteiger partial charge in [-0.05, 0) is 12.5 Å². The molecule has 5 heteroatoms. The molecule has 0 aliphatic heterocycles. The molecule has 0 unspecified atom stereocenters. The number of nitrogens with one attached hydrogen (secondary N) is 1. The topological polar surface area (TPSA) is 63.6 Å². The first-order valence-corrected chi connectivity index (χ1v) is 5.50. The molecular formula is C12H16N4O. The van der Waals surface area contributed by atoms with Crippen LogP contribution >= 0.6 is 0 Å². The van der Waals surface area contributed by atoms with Gasteiger partial charge in [-0.3, -0.25) is 0 Å². The average Bonchev–Trinajstić information content (AvgIpc) is 2.62. The molecule has 0 spiro atoms. The molecule has 2 heterocycles. The highest BCUT2D eigenvalue weighted by Gasteiger charge is 2.16. The van der Waals surface area contributed by atoms with Gasteiger partial charge in [-0.2, -0.15) is 10.1 Å².